The summed E-state index contributed by atoms with van der Waals surface area (Å²) >= 11 is 0. The van der Waals surface area contributed by atoms with Gasteiger partial charge in [0.05, 0.1) is 13.3 Å². The van der Waals surface area contributed by atoms with Crippen LogP contribution < -0.4 is 25.0 Å². The number of esters is 1. The van der Waals surface area contributed by atoms with Crippen LogP contribution in [0.2, 0.25) is 0 Å². The topological polar surface area (TPSA) is 115 Å². The highest BCUT2D eigenvalue weighted by Gasteiger charge is 2.07. The van der Waals surface area contributed by atoms with Crippen LogP contribution in [0.1, 0.15) is 25.8 Å². The predicted molar refractivity (Wildman–Crippen MR) is 111 cm³/mol. The third-order valence-corrected chi connectivity index (χ3v) is 3.67. The van der Waals surface area contributed by atoms with Crippen molar-refractivity contribution in [1.29, 1.82) is 0 Å². The minimum atomic E-state index is -0.456. The minimum absolute atomic E-state index is 0.0838. The molecule has 0 saturated carbocycles. The highest BCUT2D eigenvalue weighted by molar-refractivity contribution is 5.90. The molecule has 9 heteroatoms. The van der Waals surface area contributed by atoms with Gasteiger partial charge in [0, 0.05) is 19.0 Å². The number of ether oxygens (including phenoxy) is 3. The first kappa shape index (κ1) is 22.4. The van der Waals surface area contributed by atoms with Crippen molar-refractivity contribution >= 4 is 29.7 Å². The highest BCUT2D eigenvalue weighted by Crippen LogP contribution is 2.27. The summed E-state index contributed by atoms with van der Waals surface area (Å²) in [5, 5.41) is 6.58. The fourth-order valence-corrected chi connectivity index (χ4v) is 2.25. The van der Waals surface area contributed by atoms with Gasteiger partial charge in [0.1, 0.15) is 5.75 Å². The van der Waals surface area contributed by atoms with Gasteiger partial charge >= 0.3 is 5.97 Å². The number of carbonyl (C=O) groups excluding carboxylic acids is 3. The smallest absolute Gasteiger partial charge is 0.308 e. The van der Waals surface area contributed by atoms with E-state index < -0.39 is 11.9 Å². The van der Waals surface area contributed by atoms with Crippen molar-refractivity contribution in [3.8, 4) is 17.2 Å². The molecule has 0 saturated heterocycles. The number of hydrogen-bond donors (Lipinski definition) is 2. The number of rotatable bonds is 9. The second-order valence-electron chi connectivity index (χ2n) is 6.01. The van der Waals surface area contributed by atoms with Gasteiger partial charge in [-0.2, -0.15) is 5.10 Å². The number of amides is 2. The van der Waals surface area contributed by atoms with Crippen LogP contribution in [0, 0.1) is 0 Å². The van der Waals surface area contributed by atoms with Crippen LogP contribution >= 0.6 is 0 Å². The van der Waals surface area contributed by atoms with E-state index >= 15 is 0 Å². The van der Waals surface area contributed by atoms with Gasteiger partial charge in [0.15, 0.2) is 18.1 Å². The van der Waals surface area contributed by atoms with E-state index in [1.165, 1.54) is 20.2 Å². The lowest BCUT2D eigenvalue weighted by Crippen LogP contribution is -2.24. The molecule has 0 aromatic heterocycles. The molecule has 158 valence electrons. The molecule has 0 fully saturated rings. The van der Waals surface area contributed by atoms with Crippen molar-refractivity contribution in [3.63, 3.8) is 0 Å². The van der Waals surface area contributed by atoms with Gasteiger partial charge in [-0.25, -0.2) is 5.43 Å². The maximum absolute atomic E-state index is 11.9. The van der Waals surface area contributed by atoms with Crippen molar-refractivity contribution in [3.05, 3.63) is 48.0 Å². The molecule has 9 nitrogen and oxygen atoms in total. The third kappa shape index (κ3) is 7.27. The molecule has 0 radical (unpaired) electrons. The van der Waals surface area contributed by atoms with E-state index in [4.69, 9.17) is 14.2 Å². The lowest BCUT2D eigenvalue weighted by Gasteiger charge is -2.08. The van der Waals surface area contributed by atoms with Gasteiger partial charge in [0.2, 0.25) is 5.91 Å². The number of methoxy groups -OCH3 is 1. The van der Waals surface area contributed by atoms with E-state index in [0.717, 1.165) is 0 Å². The van der Waals surface area contributed by atoms with Gasteiger partial charge in [-0.15, -0.1) is 0 Å². The number of carbonyl (C=O) groups is 3. The number of hydrogen-bond acceptors (Lipinski definition) is 7. The molecule has 30 heavy (non-hydrogen) atoms. The standard InChI is InChI=1S/C21H23N3O6/c1-4-20(26)23-16-6-8-17(9-7-16)29-13-21(27)24-22-12-15-5-10-18(30-14(2)25)19(11-15)28-3/h5-12H,4,13H2,1-3H3,(H,23,26)(H,24,27)/b22-12-. The molecule has 0 aliphatic heterocycles. The molecule has 2 aromatic rings. The van der Waals surface area contributed by atoms with Gasteiger partial charge in [0.25, 0.3) is 5.91 Å². The molecule has 0 aliphatic rings. The molecule has 0 atom stereocenters. The molecular weight excluding hydrogens is 390 g/mol. The van der Waals surface area contributed by atoms with E-state index in [0.29, 0.717) is 34.9 Å². The molecule has 0 spiro atoms. The average molecular weight is 413 g/mol. The Morgan fingerprint density at radius 2 is 1.77 bits per heavy atom. The Labute approximate surface area is 174 Å². The lowest BCUT2D eigenvalue weighted by atomic mass is 10.2. The van der Waals surface area contributed by atoms with Crippen LogP contribution in [0.5, 0.6) is 17.2 Å². The summed E-state index contributed by atoms with van der Waals surface area (Å²) in [7, 11) is 1.45. The van der Waals surface area contributed by atoms with Crippen molar-refractivity contribution in [2.45, 2.75) is 20.3 Å². The van der Waals surface area contributed by atoms with Gasteiger partial charge in [-0.3, -0.25) is 14.4 Å². The molecule has 2 rings (SSSR count). The normalized spacial score (nSPS) is 10.4. The van der Waals surface area contributed by atoms with Crippen LogP contribution in [-0.2, 0) is 14.4 Å². The predicted octanol–water partition coefficient (Wildman–Crippen LogP) is 2.50. The van der Waals surface area contributed by atoms with E-state index in [2.05, 4.69) is 15.8 Å². The monoisotopic (exact) mass is 413 g/mol. The fourth-order valence-electron chi connectivity index (χ4n) is 2.25. The third-order valence-electron chi connectivity index (χ3n) is 3.67. The fraction of sp³-hybridized carbons (Fsp3) is 0.238. The summed E-state index contributed by atoms with van der Waals surface area (Å²) in [5.41, 5.74) is 3.64. The van der Waals surface area contributed by atoms with Crippen LogP contribution in [0.3, 0.4) is 0 Å². The van der Waals surface area contributed by atoms with Crippen molar-refractivity contribution in [2.24, 2.45) is 5.10 Å². The Hall–Kier alpha value is -3.88. The Kier molecular flexibility index (Phi) is 8.37. The van der Waals surface area contributed by atoms with E-state index in [1.54, 1.807) is 49.4 Å². The molecule has 0 unspecified atom stereocenters. The summed E-state index contributed by atoms with van der Waals surface area (Å²) < 4.78 is 15.6. The number of nitrogens with zero attached hydrogens (tertiary/aromatic N) is 1. The maximum atomic E-state index is 11.9. The summed E-state index contributed by atoms with van der Waals surface area (Å²) in [6.45, 7) is 2.83. The second-order valence-corrected chi connectivity index (χ2v) is 6.01. The second kappa shape index (κ2) is 11.2. The Morgan fingerprint density at radius 3 is 2.40 bits per heavy atom. The number of nitrogens with one attached hydrogen (secondary N) is 2. The number of benzene rings is 2. The zero-order valence-electron chi connectivity index (χ0n) is 16.9. The van der Waals surface area contributed by atoms with Crippen LogP contribution in [0.4, 0.5) is 5.69 Å². The van der Waals surface area contributed by atoms with Crippen molar-refractivity contribution in [2.75, 3.05) is 19.0 Å². The largest absolute Gasteiger partial charge is 0.493 e. The summed E-state index contributed by atoms with van der Waals surface area (Å²) in [6.07, 6.45) is 1.81. The van der Waals surface area contributed by atoms with Crippen molar-refractivity contribution in [1.82, 2.24) is 5.43 Å². The van der Waals surface area contributed by atoms with Gasteiger partial charge in [-0.05, 0) is 48.0 Å². The first-order valence-electron chi connectivity index (χ1n) is 9.12. The van der Waals surface area contributed by atoms with Gasteiger partial charge < -0.3 is 19.5 Å². The highest BCUT2D eigenvalue weighted by atomic mass is 16.6. The quantitative estimate of drug-likeness (QED) is 0.282. The van der Waals surface area contributed by atoms with E-state index in [9.17, 15) is 14.4 Å². The molecule has 2 N–H and O–H groups in total. The zero-order chi connectivity index (χ0) is 21.9. The molecule has 2 aromatic carbocycles. The van der Waals surface area contributed by atoms with Crippen molar-refractivity contribution < 1.29 is 28.6 Å². The molecule has 2 amide bonds. The molecule has 0 aliphatic carbocycles. The SMILES string of the molecule is CCC(=O)Nc1ccc(OCC(=O)N/N=C\c2ccc(OC(C)=O)c(OC)c2)cc1. The Morgan fingerprint density at radius 1 is 1.03 bits per heavy atom. The number of anilines is 1. The lowest BCUT2D eigenvalue weighted by molar-refractivity contribution is -0.132. The minimum Gasteiger partial charge on any atom is -0.493 e. The van der Waals surface area contributed by atoms with Gasteiger partial charge in [-0.1, -0.05) is 6.92 Å². The maximum Gasteiger partial charge on any atom is 0.308 e. The molecular formula is C21H23N3O6. The van der Waals surface area contributed by atoms with E-state index in [1.807, 2.05) is 0 Å². The Balaban J connectivity index is 1.83. The first-order valence-corrected chi connectivity index (χ1v) is 9.12. The Bertz CT molecular complexity index is 925. The zero-order valence-corrected chi connectivity index (χ0v) is 16.9. The average Bonchev–Trinajstić information content (AvgIpc) is 2.73. The molecule has 0 bridgehead atoms. The summed E-state index contributed by atoms with van der Waals surface area (Å²) in [6, 6.07) is 11.5. The van der Waals surface area contributed by atoms with Crippen LogP contribution in [0.25, 0.3) is 0 Å². The molecule has 0 heterocycles. The van der Waals surface area contributed by atoms with Crippen LogP contribution in [0.15, 0.2) is 47.6 Å². The summed E-state index contributed by atoms with van der Waals surface area (Å²) in [5.74, 6) is 0.150. The number of hydrazone groups is 1. The summed E-state index contributed by atoms with van der Waals surface area (Å²) in [4.78, 5) is 34.3. The first-order chi connectivity index (χ1) is 14.4. The van der Waals surface area contributed by atoms with E-state index in [-0.39, 0.29) is 12.5 Å². The van der Waals surface area contributed by atoms with Crippen LogP contribution in [-0.4, -0.2) is 37.7 Å².